The Morgan fingerprint density at radius 3 is 2.58 bits per heavy atom. The van der Waals surface area contributed by atoms with Gasteiger partial charge in [-0.2, -0.15) is 0 Å². The van der Waals surface area contributed by atoms with E-state index in [1.54, 1.807) is 29.2 Å². The van der Waals surface area contributed by atoms with E-state index in [1.165, 1.54) is 13.8 Å². The number of hydrogen-bond donors (Lipinski definition) is 2. The van der Waals surface area contributed by atoms with Crippen LogP contribution in [0.3, 0.4) is 0 Å². The van der Waals surface area contributed by atoms with Crippen molar-refractivity contribution in [2.75, 3.05) is 26.2 Å². The summed E-state index contributed by atoms with van der Waals surface area (Å²) in [5.74, 6) is 1.31. The van der Waals surface area contributed by atoms with Gasteiger partial charge in [0.1, 0.15) is 17.2 Å². The van der Waals surface area contributed by atoms with Crippen molar-refractivity contribution in [3.05, 3.63) is 71.8 Å². The maximum Gasteiger partial charge on any atom is 0.253 e. The van der Waals surface area contributed by atoms with E-state index in [0.717, 1.165) is 10.8 Å². The molecule has 0 aromatic heterocycles. The summed E-state index contributed by atoms with van der Waals surface area (Å²) in [6.45, 7) is 4.98. The zero-order valence-electron chi connectivity index (χ0n) is 17.8. The molecule has 1 aliphatic heterocycles. The van der Waals surface area contributed by atoms with Crippen LogP contribution in [0.15, 0.2) is 60.7 Å². The second-order valence-electron chi connectivity index (χ2n) is 8.38. The Kier molecular flexibility index (Phi) is 5.94. The van der Waals surface area contributed by atoms with E-state index in [0.29, 0.717) is 42.3 Å². The van der Waals surface area contributed by atoms with Crippen LogP contribution < -0.4 is 10.1 Å². The molecule has 162 valence electrons. The van der Waals surface area contributed by atoms with Gasteiger partial charge < -0.3 is 20.1 Å². The summed E-state index contributed by atoms with van der Waals surface area (Å²) >= 11 is 0. The van der Waals surface area contributed by atoms with Crippen LogP contribution in [0.2, 0.25) is 0 Å². The zero-order chi connectivity index (χ0) is 22.0. The van der Waals surface area contributed by atoms with Crippen molar-refractivity contribution < 1.29 is 19.0 Å². The Morgan fingerprint density at radius 2 is 1.90 bits per heavy atom. The number of halogens is 1. The molecule has 3 aromatic rings. The van der Waals surface area contributed by atoms with Gasteiger partial charge in [0, 0.05) is 36.6 Å². The van der Waals surface area contributed by atoms with Crippen LogP contribution >= 0.6 is 0 Å². The highest BCUT2D eigenvalue weighted by Gasteiger charge is 2.30. The molecule has 1 heterocycles. The van der Waals surface area contributed by atoms with E-state index >= 15 is 0 Å². The fourth-order valence-electron chi connectivity index (χ4n) is 3.75. The molecule has 6 heteroatoms. The van der Waals surface area contributed by atoms with Crippen molar-refractivity contribution >= 4 is 16.7 Å². The molecule has 0 atom stereocenters. The second kappa shape index (κ2) is 8.65. The summed E-state index contributed by atoms with van der Waals surface area (Å²) in [4.78, 5) is 14.6. The molecule has 1 fully saturated rings. The first-order chi connectivity index (χ1) is 14.8. The van der Waals surface area contributed by atoms with Gasteiger partial charge >= 0.3 is 0 Å². The number of amides is 1. The molecule has 0 saturated carbocycles. The predicted octanol–water partition coefficient (Wildman–Crippen LogP) is 4.24. The predicted molar refractivity (Wildman–Crippen MR) is 119 cm³/mol. The van der Waals surface area contributed by atoms with Gasteiger partial charge in [-0.1, -0.05) is 24.3 Å². The number of ether oxygens (including phenoxy) is 1. The van der Waals surface area contributed by atoms with E-state index in [-0.39, 0.29) is 18.6 Å². The van der Waals surface area contributed by atoms with E-state index < -0.39 is 5.67 Å². The van der Waals surface area contributed by atoms with Crippen LogP contribution in [0.1, 0.15) is 29.8 Å². The largest absolute Gasteiger partial charge is 0.457 e. The van der Waals surface area contributed by atoms with Crippen molar-refractivity contribution in [2.45, 2.75) is 25.6 Å². The van der Waals surface area contributed by atoms with Crippen molar-refractivity contribution in [3.63, 3.8) is 0 Å². The highest BCUT2D eigenvalue weighted by Crippen LogP contribution is 2.32. The van der Waals surface area contributed by atoms with Gasteiger partial charge in [0.2, 0.25) is 0 Å². The van der Waals surface area contributed by atoms with Crippen molar-refractivity contribution in [3.8, 4) is 11.5 Å². The smallest absolute Gasteiger partial charge is 0.253 e. The topological polar surface area (TPSA) is 61.8 Å². The minimum absolute atomic E-state index is 0.000282. The molecule has 0 bridgehead atoms. The zero-order valence-corrected chi connectivity index (χ0v) is 17.8. The lowest BCUT2D eigenvalue weighted by Gasteiger charge is -2.39. The van der Waals surface area contributed by atoms with Gasteiger partial charge in [-0.05, 0) is 61.2 Å². The molecule has 0 spiro atoms. The third kappa shape index (κ3) is 4.70. The number of nitrogens with one attached hydrogen (secondary N) is 1. The normalized spacial score (nSPS) is 14.5. The number of alkyl halides is 1. The first-order valence-electron chi connectivity index (χ1n) is 10.5. The summed E-state index contributed by atoms with van der Waals surface area (Å²) in [6.07, 6.45) is 0. The number of aliphatic hydroxyl groups excluding tert-OH is 1. The first kappa shape index (κ1) is 21.3. The van der Waals surface area contributed by atoms with Gasteiger partial charge in [-0.25, -0.2) is 4.39 Å². The van der Waals surface area contributed by atoms with E-state index in [1.807, 2.05) is 36.4 Å². The van der Waals surface area contributed by atoms with Gasteiger partial charge in [0.15, 0.2) is 0 Å². The highest BCUT2D eigenvalue weighted by molar-refractivity contribution is 6.00. The van der Waals surface area contributed by atoms with Crippen LogP contribution in [0, 0.1) is 0 Å². The van der Waals surface area contributed by atoms with E-state index in [2.05, 4.69) is 5.32 Å². The van der Waals surface area contributed by atoms with Crippen LogP contribution in [0.25, 0.3) is 10.8 Å². The first-order valence-corrected chi connectivity index (χ1v) is 10.5. The summed E-state index contributed by atoms with van der Waals surface area (Å²) in [5.41, 5.74) is -0.160. The molecule has 0 unspecified atom stereocenters. The second-order valence-corrected chi connectivity index (χ2v) is 8.38. The lowest BCUT2D eigenvalue weighted by Crippen LogP contribution is -2.60. The number of carbonyl (C=O) groups is 1. The number of fused-ring (bicyclic) bond motifs is 1. The Labute approximate surface area is 181 Å². The van der Waals surface area contributed by atoms with Crippen LogP contribution in [-0.4, -0.2) is 48.2 Å². The fraction of sp³-hybridized carbons (Fsp3) is 0.320. The summed E-state index contributed by atoms with van der Waals surface area (Å²) in [7, 11) is 0. The monoisotopic (exact) mass is 422 g/mol. The average Bonchev–Trinajstić information content (AvgIpc) is 2.72. The molecule has 5 nitrogen and oxygen atoms in total. The molecule has 1 amide bonds. The number of aliphatic hydroxyl groups is 1. The van der Waals surface area contributed by atoms with Gasteiger partial charge in [-0.3, -0.25) is 4.79 Å². The van der Waals surface area contributed by atoms with Crippen molar-refractivity contribution in [1.29, 1.82) is 0 Å². The standard InChI is InChI=1S/C25H27FN2O3/c1-25(2,26)19-7-9-21(10-8-19)31-23-5-3-4-17-14-18(6-11-22(17)23)24(30)28-15-20(16-28)27-12-13-29/h3-11,14,20,27,29H,12-13,15-16H2,1-2H3. The van der Waals surface area contributed by atoms with Crippen LogP contribution in [-0.2, 0) is 5.67 Å². The highest BCUT2D eigenvalue weighted by atomic mass is 19.1. The molecule has 2 N–H and O–H groups in total. The maximum atomic E-state index is 14.1. The Hall–Kier alpha value is -2.96. The minimum Gasteiger partial charge on any atom is -0.457 e. The average molecular weight is 423 g/mol. The lowest BCUT2D eigenvalue weighted by molar-refractivity contribution is 0.0562. The van der Waals surface area contributed by atoms with Crippen molar-refractivity contribution in [2.24, 2.45) is 0 Å². The molecule has 1 aliphatic rings. The van der Waals surface area contributed by atoms with Gasteiger partial charge in [0.25, 0.3) is 5.91 Å². The molecular formula is C25H27FN2O3. The van der Waals surface area contributed by atoms with Crippen molar-refractivity contribution in [1.82, 2.24) is 10.2 Å². The Bertz CT molecular complexity index is 1070. The molecule has 0 aliphatic carbocycles. The number of rotatable bonds is 7. The minimum atomic E-state index is -1.40. The Morgan fingerprint density at radius 1 is 1.16 bits per heavy atom. The number of carbonyl (C=O) groups excluding carboxylic acids is 1. The van der Waals surface area contributed by atoms with Crippen LogP contribution in [0.4, 0.5) is 4.39 Å². The molecule has 1 saturated heterocycles. The number of benzene rings is 3. The van der Waals surface area contributed by atoms with Gasteiger partial charge in [0.05, 0.1) is 6.61 Å². The molecule has 0 radical (unpaired) electrons. The quantitative estimate of drug-likeness (QED) is 0.598. The van der Waals surface area contributed by atoms with E-state index in [9.17, 15) is 9.18 Å². The third-order valence-electron chi connectivity index (χ3n) is 5.57. The SMILES string of the molecule is CC(C)(F)c1ccc(Oc2cccc3cc(C(=O)N4CC(NCCO)C4)ccc23)cc1. The van der Waals surface area contributed by atoms with Gasteiger partial charge in [-0.15, -0.1) is 0 Å². The maximum absolute atomic E-state index is 14.1. The number of hydrogen-bond acceptors (Lipinski definition) is 4. The number of likely N-dealkylation sites (tertiary alicyclic amines) is 1. The lowest BCUT2D eigenvalue weighted by atomic mass is 10.0. The fourth-order valence-corrected chi connectivity index (χ4v) is 3.75. The van der Waals surface area contributed by atoms with E-state index in [4.69, 9.17) is 9.84 Å². The van der Waals surface area contributed by atoms with Crippen LogP contribution in [0.5, 0.6) is 11.5 Å². The molecule has 3 aromatic carbocycles. The Balaban J connectivity index is 1.49. The third-order valence-corrected chi connectivity index (χ3v) is 5.57. The molecule has 4 rings (SSSR count). The molecule has 31 heavy (non-hydrogen) atoms. The molecular weight excluding hydrogens is 395 g/mol. The summed E-state index contributed by atoms with van der Waals surface area (Å²) in [5, 5.41) is 13.9. The summed E-state index contributed by atoms with van der Waals surface area (Å²) < 4.78 is 20.1. The number of nitrogens with zero attached hydrogens (tertiary/aromatic N) is 1. The summed E-state index contributed by atoms with van der Waals surface area (Å²) in [6, 6.07) is 18.6.